The Morgan fingerprint density at radius 2 is 1.82 bits per heavy atom. The number of nitrogens with zero attached hydrogens (tertiary/aromatic N) is 3. The molecule has 0 radical (unpaired) electrons. The normalized spacial score (nSPS) is 17.4. The first kappa shape index (κ1) is 20.5. The number of aromatic nitrogens is 3. The highest BCUT2D eigenvalue weighted by atomic mass is 19.1. The zero-order valence-corrected chi connectivity index (χ0v) is 18.9. The molecule has 0 spiro atoms. The van der Waals surface area contributed by atoms with Crippen molar-refractivity contribution >= 4 is 10.9 Å². The van der Waals surface area contributed by atoms with Gasteiger partial charge in [-0.1, -0.05) is 37.5 Å². The van der Waals surface area contributed by atoms with E-state index < -0.39 is 0 Å². The number of hydrogen-bond acceptors (Lipinski definition) is 3. The van der Waals surface area contributed by atoms with E-state index in [0.717, 1.165) is 48.7 Å². The first-order valence-electron chi connectivity index (χ1n) is 12.2. The Bertz CT molecular complexity index is 1270. The number of hydrogen-bond donors (Lipinski definition) is 1. The molecule has 1 saturated carbocycles. The molecule has 0 amide bonds. The Hall–Kier alpha value is -3.05. The van der Waals surface area contributed by atoms with Crippen LogP contribution in [0.25, 0.3) is 22.2 Å². The van der Waals surface area contributed by atoms with Crippen molar-refractivity contribution in [1.82, 2.24) is 19.9 Å². The third kappa shape index (κ3) is 4.06. The lowest BCUT2D eigenvalue weighted by molar-refractivity contribution is 0.243. The molecule has 0 atom stereocenters. The van der Waals surface area contributed by atoms with E-state index in [0.29, 0.717) is 5.92 Å². The molecular formula is C28H29FN4. The van der Waals surface area contributed by atoms with Crippen molar-refractivity contribution in [2.24, 2.45) is 0 Å². The molecule has 5 heteroatoms. The number of rotatable bonds is 4. The van der Waals surface area contributed by atoms with Crippen LogP contribution < -0.4 is 0 Å². The molecule has 1 aliphatic heterocycles. The van der Waals surface area contributed by atoms with E-state index in [4.69, 9.17) is 9.97 Å². The Morgan fingerprint density at radius 1 is 1.00 bits per heavy atom. The van der Waals surface area contributed by atoms with Gasteiger partial charge in [0.25, 0.3) is 0 Å². The van der Waals surface area contributed by atoms with Gasteiger partial charge in [-0.05, 0) is 54.3 Å². The van der Waals surface area contributed by atoms with Crippen LogP contribution in [-0.4, -0.2) is 26.4 Å². The summed E-state index contributed by atoms with van der Waals surface area (Å²) in [6.45, 7) is 2.68. The van der Waals surface area contributed by atoms with E-state index >= 15 is 0 Å². The lowest BCUT2D eigenvalue weighted by Gasteiger charge is -2.29. The molecule has 0 bridgehead atoms. The van der Waals surface area contributed by atoms with Gasteiger partial charge in [0.1, 0.15) is 11.6 Å². The summed E-state index contributed by atoms with van der Waals surface area (Å²) in [6.07, 6.45) is 9.47. The maximum Gasteiger partial charge on any atom is 0.131 e. The molecule has 1 aliphatic carbocycles. The van der Waals surface area contributed by atoms with Gasteiger partial charge in [0.15, 0.2) is 0 Å². The van der Waals surface area contributed by atoms with Gasteiger partial charge in [-0.25, -0.2) is 14.4 Å². The summed E-state index contributed by atoms with van der Waals surface area (Å²) in [5.41, 5.74) is 6.96. The summed E-state index contributed by atoms with van der Waals surface area (Å²) in [6, 6.07) is 15.2. The molecule has 3 heterocycles. The second kappa shape index (κ2) is 8.71. The smallest absolute Gasteiger partial charge is 0.131 e. The van der Waals surface area contributed by atoms with Crippen LogP contribution in [0.2, 0.25) is 0 Å². The lowest BCUT2D eigenvalue weighted by atomic mass is 9.88. The molecule has 2 aliphatic rings. The highest BCUT2D eigenvalue weighted by Gasteiger charge is 2.24. The summed E-state index contributed by atoms with van der Waals surface area (Å²) in [4.78, 5) is 15.9. The zero-order chi connectivity index (χ0) is 22.2. The van der Waals surface area contributed by atoms with Gasteiger partial charge < -0.3 is 4.98 Å². The highest BCUT2D eigenvalue weighted by Crippen LogP contribution is 2.34. The molecule has 4 nitrogen and oxygen atoms in total. The first-order chi connectivity index (χ1) is 16.2. The van der Waals surface area contributed by atoms with Crippen LogP contribution in [-0.2, 0) is 19.5 Å². The molecule has 0 saturated heterocycles. The maximum absolute atomic E-state index is 13.5. The summed E-state index contributed by atoms with van der Waals surface area (Å²) < 4.78 is 13.5. The molecule has 1 fully saturated rings. The van der Waals surface area contributed by atoms with Crippen LogP contribution >= 0.6 is 0 Å². The van der Waals surface area contributed by atoms with Crippen molar-refractivity contribution in [3.63, 3.8) is 0 Å². The molecule has 2 aromatic heterocycles. The van der Waals surface area contributed by atoms with E-state index in [1.165, 1.54) is 66.4 Å². The van der Waals surface area contributed by atoms with E-state index in [1.807, 2.05) is 12.1 Å². The van der Waals surface area contributed by atoms with Crippen molar-refractivity contribution in [1.29, 1.82) is 0 Å². The van der Waals surface area contributed by atoms with Gasteiger partial charge >= 0.3 is 0 Å². The Kier molecular flexibility index (Phi) is 5.43. The number of H-pyrrole nitrogens is 1. The third-order valence-electron chi connectivity index (χ3n) is 7.33. The second-order valence-electron chi connectivity index (χ2n) is 9.53. The standard InChI is InChI=1S/C28H29FN4/c29-22-12-10-19(11-13-22)27-24(23-8-4-5-9-26(23)31-27)18-33-15-14-25-21(17-33)16-30-28(32-25)20-6-2-1-3-7-20/h4-5,8-13,16,20,31H,1-3,6-7,14-15,17-18H2. The number of halogens is 1. The fourth-order valence-electron chi connectivity index (χ4n) is 5.53. The molecule has 1 N–H and O–H groups in total. The van der Waals surface area contributed by atoms with Crippen molar-refractivity contribution in [3.8, 4) is 11.3 Å². The fourth-order valence-corrected chi connectivity index (χ4v) is 5.53. The fraction of sp³-hybridized carbons (Fsp3) is 0.357. The van der Waals surface area contributed by atoms with E-state index in [2.05, 4.69) is 40.3 Å². The van der Waals surface area contributed by atoms with Crippen LogP contribution in [0.4, 0.5) is 4.39 Å². The SMILES string of the molecule is Fc1ccc(-c2[nH]c3ccccc3c2CN2CCc3nc(C4CCCCC4)ncc3C2)cc1. The van der Waals surface area contributed by atoms with Crippen LogP contribution in [0, 0.1) is 5.82 Å². The first-order valence-corrected chi connectivity index (χ1v) is 12.2. The molecular weight excluding hydrogens is 411 g/mol. The minimum Gasteiger partial charge on any atom is -0.354 e. The molecule has 4 aromatic rings. The summed E-state index contributed by atoms with van der Waals surface area (Å²) in [5, 5.41) is 1.23. The summed E-state index contributed by atoms with van der Waals surface area (Å²) in [5.74, 6) is 1.40. The molecule has 0 unspecified atom stereocenters. The Labute approximate surface area is 193 Å². The highest BCUT2D eigenvalue weighted by molar-refractivity contribution is 5.90. The summed E-state index contributed by atoms with van der Waals surface area (Å²) in [7, 11) is 0. The number of nitrogens with one attached hydrogen (secondary N) is 1. The van der Waals surface area contributed by atoms with Crippen molar-refractivity contribution in [3.05, 3.63) is 83.2 Å². The summed E-state index contributed by atoms with van der Waals surface area (Å²) >= 11 is 0. The molecule has 2 aromatic carbocycles. The van der Waals surface area contributed by atoms with Crippen molar-refractivity contribution in [2.45, 2.75) is 57.5 Å². The van der Waals surface area contributed by atoms with E-state index in [9.17, 15) is 4.39 Å². The number of benzene rings is 2. The van der Waals surface area contributed by atoms with Gasteiger partial charge in [0.2, 0.25) is 0 Å². The average Bonchev–Trinajstić information content (AvgIpc) is 3.23. The van der Waals surface area contributed by atoms with Crippen LogP contribution in [0.5, 0.6) is 0 Å². The largest absolute Gasteiger partial charge is 0.354 e. The van der Waals surface area contributed by atoms with Gasteiger partial charge in [-0.3, -0.25) is 4.90 Å². The monoisotopic (exact) mass is 440 g/mol. The quantitative estimate of drug-likeness (QED) is 0.401. The molecule has 6 rings (SSSR count). The maximum atomic E-state index is 13.5. The van der Waals surface area contributed by atoms with Crippen molar-refractivity contribution in [2.75, 3.05) is 6.54 Å². The minimum absolute atomic E-state index is 0.211. The Morgan fingerprint density at radius 3 is 2.67 bits per heavy atom. The number of para-hydroxylation sites is 1. The van der Waals surface area contributed by atoms with Crippen LogP contribution in [0.15, 0.2) is 54.7 Å². The van der Waals surface area contributed by atoms with Gasteiger partial charge in [0, 0.05) is 60.3 Å². The zero-order valence-electron chi connectivity index (χ0n) is 18.9. The average molecular weight is 441 g/mol. The molecule has 33 heavy (non-hydrogen) atoms. The predicted octanol–water partition coefficient (Wildman–Crippen LogP) is 6.37. The minimum atomic E-state index is -0.211. The number of fused-ring (bicyclic) bond motifs is 2. The topological polar surface area (TPSA) is 44.8 Å². The van der Waals surface area contributed by atoms with E-state index in [-0.39, 0.29) is 5.82 Å². The van der Waals surface area contributed by atoms with Crippen LogP contribution in [0.3, 0.4) is 0 Å². The second-order valence-corrected chi connectivity index (χ2v) is 9.53. The van der Waals surface area contributed by atoms with Crippen molar-refractivity contribution < 1.29 is 4.39 Å². The third-order valence-corrected chi connectivity index (χ3v) is 7.33. The lowest BCUT2D eigenvalue weighted by Crippen LogP contribution is -2.31. The van der Waals surface area contributed by atoms with Gasteiger partial charge in [-0.2, -0.15) is 0 Å². The van der Waals surface area contributed by atoms with E-state index in [1.54, 1.807) is 0 Å². The van der Waals surface area contributed by atoms with Gasteiger partial charge in [-0.15, -0.1) is 0 Å². The van der Waals surface area contributed by atoms with Crippen LogP contribution in [0.1, 0.15) is 60.7 Å². The Balaban J connectivity index is 1.27. The number of aromatic amines is 1. The molecule has 168 valence electrons. The predicted molar refractivity (Wildman–Crippen MR) is 129 cm³/mol. The van der Waals surface area contributed by atoms with Gasteiger partial charge in [0.05, 0.1) is 5.69 Å².